The van der Waals surface area contributed by atoms with E-state index < -0.39 is 5.54 Å². The maximum absolute atomic E-state index is 12.0. The van der Waals surface area contributed by atoms with Gasteiger partial charge in [0, 0.05) is 0 Å². The topological polar surface area (TPSA) is 38.3 Å². The molecule has 0 radical (unpaired) electrons. The van der Waals surface area contributed by atoms with E-state index in [0.717, 1.165) is 19.4 Å². The lowest BCUT2D eigenvalue weighted by Crippen LogP contribution is -2.53. The van der Waals surface area contributed by atoms with Gasteiger partial charge in [-0.1, -0.05) is 12.8 Å². The van der Waals surface area contributed by atoms with Crippen LogP contribution in [0.25, 0.3) is 0 Å². The van der Waals surface area contributed by atoms with Crippen molar-refractivity contribution in [3.05, 3.63) is 0 Å². The average molecular weight is 225 g/mol. The molecule has 0 bridgehead atoms. The van der Waals surface area contributed by atoms with Gasteiger partial charge in [0.2, 0.25) is 0 Å². The Balaban J connectivity index is 1.77. The van der Waals surface area contributed by atoms with Crippen molar-refractivity contribution in [2.45, 2.75) is 57.4 Å². The molecule has 1 aliphatic heterocycles. The Hall–Kier alpha value is -0.570. The number of esters is 1. The smallest absolute Gasteiger partial charge is 0.326 e. The van der Waals surface area contributed by atoms with Crippen molar-refractivity contribution in [1.29, 1.82) is 0 Å². The highest BCUT2D eigenvalue weighted by Crippen LogP contribution is 2.26. The summed E-state index contributed by atoms with van der Waals surface area (Å²) >= 11 is 0. The molecule has 3 nitrogen and oxygen atoms in total. The summed E-state index contributed by atoms with van der Waals surface area (Å²) in [7, 11) is 0. The summed E-state index contributed by atoms with van der Waals surface area (Å²) in [6.07, 6.45) is 8.29. The van der Waals surface area contributed by atoms with Crippen molar-refractivity contribution >= 4 is 5.97 Å². The molecule has 0 aromatic heterocycles. The predicted octanol–water partition coefficient (Wildman–Crippen LogP) is 2.25. The molecular weight excluding hydrogens is 202 g/mol. The van der Waals surface area contributed by atoms with Crippen LogP contribution in [0.1, 0.15) is 51.9 Å². The number of hydrogen-bond acceptors (Lipinski definition) is 3. The zero-order valence-electron chi connectivity index (χ0n) is 10.3. The van der Waals surface area contributed by atoms with Crippen LogP contribution in [0.4, 0.5) is 0 Å². The average Bonchev–Trinajstić information content (AvgIpc) is 2.79. The number of ether oxygens (including phenoxy) is 1. The first-order chi connectivity index (χ1) is 7.71. The maximum Gasteiger partial charge on any atom is 0.326 e. The number of nitrogens with one attached hydrogen (secondary N) is 1. The molecule has 0 spiro atoms. The number of piperidine rings is 1. The van der Waals surface area contributed by atoms with E-state index in [1.807, 2.05) is 6.92 Å². The molecule has 1 unspecified atom stereocenters. The molecule has 2 rings (SSSR count). The maximum atomic E-state index is 12.0. The summed E-state index contributed by atoms with van der Waals surface area (Å²) in [5, 5.41) is 3.30. The van der Waals surface area contributed by atoms with Crippen LogP contribution < -0.4 is 5.32 Å². The minimum atomic E-state index is -0.420. The lowest BCUT2D eigenvalue weighted by Gasteiger charge is -2.32. The first-order valence-corrected chi connectivity index (χ1v) is 6.63. The van der Waals surface area contributed by atoms with Crippen LogP contribution in [0.5, 0.6) is 0 Å². The summed E-state index contributed by atoms with van der Waals surface area (Å²) < 4.78 is 5.47. The minimum absolute atomic E-state index is 0.0425. The standard InChI is InChI=1S/C13H23NO2/c1-13(8-4-5-9-14-13)12(15)16-10-11-6-2-3-7-11/h11,14H,2-10H2,1H3. The highest BCUT2D eigenvalue weighted by Gasteiger charge is 2.36. The first kappa shape index (κ1) is 11.9. The molecule has 3 heteroatoms. The summed E-state index contributed by atoms with van der Waals surface area (Å²) in [6.45, 7) is 3.55. The zero-order chi connectivity index (χ0) is 11.4. The molecule has 1 atom stereocenters. The molecule has 0 amide bonds. The van der Waals surface area contributed by atoms with Crippen LogP contribution in [-0.2, 0) is 9.53 Å². The van der Waals surface area contributed by atoms with Crippen LogP contribution in [-0.4, -0.2) is 24.7 Å². The van der Waals surface area contributed by atoms with Gasteiger partial charge in [-0.3, -0.25) is 4.79 Å². The van der Waals surface area contributed by atoms with Gasteiger partial charge in [0.25, 0.3) is 0 Å². The van der Waals surface area contributed by atoms with Gasteiger partial charge in [-0.2, -0.15) is 0 Å². The monoisotopic (exact) mass is 225 g/mol. The fraction of sp³-hybridized carbons (Fsp3) is 0.923. The van der Waals surface area contributed by atoms with Crippen molar-refractivity contribution in [3.63, 3.8) is 0 Å². The van der Waals surface area contributed by atoms with Gasteiger partial charge in [-0.15, -0.1) is 0 Å². The minimum Gasteiger partial charge on any atom is -0.464 e. The van der Waals surface area contributed by atoms with E-state index in [-0.39, 0.29) is 5.97 Å². The third-order valence-corrected chi connectivity index (χ3v) is 3.99. The van der Waals surface area contributed by atoms with Crippen LogP contribution in [0.2, 0.25) is 0 Å². The van der Waals surface area contributed by atoms with E-state index in [4.69, 9.17) is 4.74 Å². The largest absolute Gasteiger partial charge is 0.464 e. The third kappa shape index (κ3) is 2.76. The summed E-state index contributed by atoms with van der Waals surface area (Å²) in [5.74, 6) is 0.579. The van der Waals surface area contributed by atoms with Gasteiger partial charge < -0.3 is 10.1 Å². The van der Waals surface area contributed by atoms with Crippen LogP contribution >= 0.6 is 0 Å². The van der Waals surface area contributed by atoms with Crippen LogP contribution in [0.3, 0.4) is 0 Å². The van der Waals surface area contributed by atoms with E-state index in [0.29, 0.717) is 12.5 Å². The molecule has 1 N–H and O–H groups in total. The predicted molar refractivity (Wildman–Crippen MR) is 63.2 cm³/mol. The highest BCUT2D eigenvalue weighted by molar-refractivity contribution is 5.80. The second-order valence-electron chi connectivity index (χ2n) is 5.46. The van der Waals surface area contributed by atoms with Crippen molar-refractivity contribution in [3.8, 4) is 0 Å². The van der Waals surface area contributed by atoms with Gasteiger partial charge >= 0.3 is 5.97 Å². The van der Waals surface area contributed by atoms with E-state index in [9.17, 15) is 4.79 Å². The van der Waals surface area contributed by atoms with Crippen molar-refractivity contribution in [2.75, 3.05) is 13.2 Å². The van der Waals surface area contributed by atoms with Crippen molar-refractivity contribution < 1.29 is 9.53 Å². The van der Waals surface area contributed by atoms with E-state index in [1.165, 1.54) is 32.1 Å². The van der Waals surface area contributed by atoms with Gasteiger partial charge in [0.05, 0.1) is 6.61 Å². The molecule has 1 saturated heterocycles. The lowest BCUT2D eigenvalue weighted by molar-refractivity contribution is -0.153. The Kier molecular flexibility index (Phi) is 3.85. The molecular formula is C13H23NO2. The fourth-order valence-electron chi connectivity index (χ4n) is 2.76. The second kappa shape index (κ2) is 5.17. The van der Waals surface area contributed by atoms with Crippen LogP contribution in [0, 0.1) is 5.92 Å². The SMILES string of the molecule is CC1(C(=O)OCC2CCCC2)CCCCN1. The zero-order valence-corrected chi connectivity index (χ0v) is 10.3. The van der Waals surface area contributed by atoms with Gasteiger partial charge in [-0.25, -0.2) is 0 Å². The molecule has 16 heavy (non-hydrogen) atoms. The summed E-state index contributed by atoms with van der Waals surface area (Å²) in [5.41, 5.74) is -0.420. The normalized spacial score (nSPS) is 31.6. The molecule has 0 aromatic rings. The Morgan fingerprint density at radius 1 is 1.31 bits per heavy atom. The molecule has 92 valence electrons. The number of rotatable bonds is 3. The van der Waals surface area contributed by atoms with E-state index >= 15 is 0 Å². The third-order valence-electron chi connectivity index (χ3n) is 3.99. The second-order valence-corrected chi connectivity index (χ2v) is 5.46. The summed E-state index contributed by atoms with van der Waals surface area (Å²) in [4.78, 5) is 12.0. The van der Waals surface area contributed by atoms with Gasteiger partial charge in [0.1, 0.15) is 5.54 Å². The molecule has 0 aromatic carbocycles. The Morgan fingerprint density at radius 2 is 2.06 bits per heavy atom. The number of hydrogen-bond donors (Lipinski definition) is 1. The number of carbonyl (C=O) groups is 1. The fourth-order valence-corrected chi connectivity index (χ4v) is 2.76. The highest BCUT2D eigenvalue weighted by atomic mass is 16.5. The van der Waals surface area contributed by atoms with E-state index in [1.54, 1.807) is 0 Å². The van der Waals surface area contributed by atoms with Crippen molar-refractivity contribution in [2.24, 2.45) is 5.92 Å². The molecule has 1 saturated carbocycles. The summed E-state index contributed by atoms with van der Waals surface area (Å²) in [6, 6.07) is 0. The Labute approximate surface area is 97.9 Å². The van der Waals surface area contributed by atoms with Crippen LogP contribution in [0.15, 0.2) is 0 Å². The van der Waals surface area contributed by atoms with E-state index in [2.05, 4.69) is 5.32 Å². The quantitative estimate of drug-likeness (QED) is 0.749. The first-order valence-electron chi connectivity index (χ1n) is 6.63. The van der Waals surface area contributed by atoms with Gasteiger partial charge in [0.15, 0.2) is 0 Å². The van der Waals surface area contributed by atoms with Crippen molar-refractivity contribution in [1.82, 2.24) is 5.32 Å². The van der Waals surface area contributed by atoms with Gasteiger partial charge in [-0.05, 0) is 51.5 Å². The molecule has 1 heterocycles. The molecule has 2 fully saturated rings. The Bertz CT molecular complexity index is 240. The molecule has 1 aliphatic carbocycles. The number of carbonyl (C=O) groups excluding carboxylic acids is 1. The Morgan fingerprint density at radius 3 is 2.69 bits per heavy atom. The lowest BCUT2D eigenvalue weighted by atomic mass is 9.91. The molecule has 2 aliphatic rings.